The van der Waals surface area contributed by atoms with Crippen molar-refractivity contribution in [2.24, 2.45) is 0 Å². The Balaban J connectivity index is 1.56. The van der Waals surface area contributed by atoms with E-state index in [1.54, 1.807) is 45.0 Å². The van der Waals surface area contributed by atoms with Crippen molar-refractivity contribution >= 4 is 23.3 Å². The van der Waals surface area contributed by atoms with Crippen LogP contribution in [0.4, 0.5) is 19.0 Å². The van der Waals surface area contributed by atoms with Crippen LogP contribution in [0, 0.1) is 0 Å². The third kappa shape index (κ3) is 7.86. The van der Waals surface area contributed by atoms with Gasteiger partial charge in [-0.2, -0.15) is 13.2 Å². The van der Waals surface area contributed by atoms with Gasteiger partial charge in [-0.25, -0.2) is 9.97 Å². The third-order valence-corrected chi connectivity index (χ3v) is 5.62. The molecule has 3 rings (SSSR count). The van der Waals surface area contributed by atoms with Gasteiger partial charge < -0.3 is 24.8 Å². The first-order valence-electron chi connectivity index (χ1n) is 11.0. The fourth-order valence-corrected chi connectivity index (χ4v) is 3.72. The summed E-state index contributed by atoms with van der Waals surface area (Å²) in [7, 11) is 0. The number of halogens is 4. The van der Waals surface area contributed by atoms with E-state index in [-0.39, 0.29) is 23.6 Å². The normalized spacial score (nSPS) is 17.3. The predicted molar refractivity (Wildman–Crippen MR) is 124 cm³/mol. The molecule has 2 atom stereocenters. The Morgan fingerprint density at radius 2 is 1.97 bits per heavy atom. The number of ether oxygens (including phenoxy) is 2. The van der Waals surface area contributed by atoms with Crippen molar-refractivity contribution in [3.63, 3.8) is 0 Å². The van der Waals surface area contributed by atoms with Gasteiger partial charge in [-0.15, -0.1) is 0 Å². The first-order valence-corrected chi connectivity index (χ1v) is 11.4. The number of carbonyl (C=O) groups excluding carboxylic acids is 1. The molecule has 12 heteroatoms. The summed E-state index contributed by atoms with van der Waals surface area (Å²) in [5, 5.41) is 12.0. The van der Waals surface area contributed by atoms with E-state index in [1.807, 2.05) is 10.2 Å². The lowest BCUT2D eigenvalue weighted by molar-refractivity contribution is -0.139. The SMILES string of the molecule is CC(C(=O)NCC(F)(F)F)c1ccc(OC2CCN(c3ncnc(OCC(C)(C)O)c3Cl)C2)cc1. The van der Waals surface area contributed by atoms with Crippen LogP contribution >= 0.6 is 11.6 Å². The topological polar surface area (TPSA) is 96.8 Å². The highest BCUT2D eigenvalue weighted by Crippen LogP contribution is 2.33. The van der Waals surface area contributed by atoms with Crippen LogP contribution in [0.15, 0.2) is 30.6 Å². The fraction of sp³-hybridized carbons (Fsp3) is 0.522. The summed E-state index contributed by atoms with van der Waals surface area (Å²) >= 11 is 6.44. The maximum atomic E-state index is 12.3. The van der Waals surface area contributed by atoms with Gasteiger partial charge in [0.05, 0.1) is 18.1 Å². The minimum Gasteiger partial charge on any atom is -0.489 e. The molecule has 2 heterocycles. The molecule has 1 amide bonds. The Hall–Kier alpha value is -2.79. The van der Waals surface area contributed by atoms with Crippen molar-refractivity contribution in [2.75, 3.05) is 31.1 Å². The summed E-state index contributed by atoms with van der Waals surface area (Å²) in [5.74, 6) is -0.165. The number of hydrogen-bond acceptors (Lipinski definition) is 7. The van der Waals surface area contributed by atoms with Crippen molar-refractivity contribution < 1.29 is 32.5 Å². The Morgan fingerprint density at radius 1 is 1.29 bits per heavy atom. The maximum absolute atomic E-state index is 12.3. The van der Waals surface area contributed by atoms with E-state index in [2.05, 4.69) is 9.97 Å². The van der Waals surface area contributed by atoms with Crippen LogP contribution in [0.2, 0.25) is 5.02 Å². The summed E-state index contributed by atoms with van der Waals surface area (Å²) < 4.78 is 48.5. The molecular formula is C23H28ClF3N4O4. The second-order valence-electron chi connectivity index (χ2n) is 9.02. The van der Waals surface area contributed by atoms with Crippen LogP contribution < -0.4 is 19.7 Å². The number of amides is 1. The molecule has 0 spiro atoms. The lowest BCUT2D eigenvalue weighted by Crippen LogP contribution is -2.36. The summed E-state index contributed by atoms with van der Waals surface area (Å²) in [6, 6.07) is 6.69. The molecule has 8 nitrogen and oxygen atoms in total. The average molecular weight is 517 g/mol. The number of nitrogens with zero attached hydrogens (tertiary/aromatic N) is 3. The van der Waals surface area contributed by atoms with E-state index >= 15 is 0 Å². The second-order valence-corrected chi connectivity index (χ2v) is 9.39. The number of aliphatic hydroxyl groups is 1. The highest BCUT2D eigenvalue weighted by Gasteiger charge is 2.30. The van der Waals surface area contributed by atoms with Crippen molar-refractivity contribution in [1.29, 1.82) is 0 Å². The highest BCUT2D eigenvalue weighted by molar-refractivity contribution is 6.34. The molecule has 2 aromatic rings. The van der Waals surface area contributed by atoms with Crippen LogP contribution in [-0.2, 0) is 4.79 Å². The van der Waals surface area contributed by atoms with Crippen LogP contribution in [-0.4, -0.2) is 65.1 Å². The monoisotopic (exact) mass is 516 g/mol. The molecule has 1 aromatic heterocycles. The zero-order chi connectivity index (χ0) is 25.8. The van der Waals surface area contributed by atoms with Crippen LogP contribution in [0.25, 0.3) is 0 Å². The summed E-state index contributed by atoms with van der Waals surface area (Å²) in [4.78, 5) is 22.2. The van der Waals surface area contributed by atoms with E-state index in [9.17, 15) is 23.1 Å². The van der Waals surface area contributed by atoms with E-state index in [0.29, 0.717) is 36.6 Å². The van der Waals surface area contributed by atoms with E-state index < -0.39 is 30.1 Å². The molecule has 0 aliphatic carbocycles. The number of carbonyl (C=O) groups is 1. The maximum Gasteiger partial charge on any atom is 0.405 e. The van der Waals surface area contributed by atoms with Crippen LogP contribution in [0.1, 0.15) is 38.7 Å². The number of aromatic nitrogens is 2. The standard InChI is InChI=1S/C23H28ClF3N4O4/c1-14(20(32)28-11-23(25,26)27)15-4-6-16(7-5-15)35-17-8-9-31(10-17)19-18(24)21(30-13-29-19)34-12-22(2,3)33/h4-7,13-14,17,33H,8-12H2,1-3H3,(H,28,32). The molecule has 192 valence electrons. The largest absolute Gasteiger partial charge is 0.489 e. The lowest BCUT2D eigenvalue weighted by Gasteiger charge is -2.21. The number of nitrogens with one attached hydrogen (secondary N) is 1. The van der Waals surface area contributed by atoms with Gasteiger partial charge in [0.15, 0.2) is 5.82 Å². The Bertz CT molecular complexity index is 1020. The molecule has 1 aliphatic rings. The molecule has 1 aliphatic heterocycles. The smallest absolute Gasteiger partial charge is 0.405 e. The summed E-state index contributed by atoms with van der Waals surface area (Å²) in [5.41, 5.74) is -0.460. The first-order chi connectivity index (χ1) is 16.3. The molecule has 1 fully saturated rings. The molecule has 2 unspecified atom stereocenters. The zero-order valence-electron chi connectivity index (χ0n) is 19.6. The summed E-state index contributed by atoms with van der Waals surface area (Å²) in [6.07, 6.45) is -2.55. The number of rotatable bonds is 9. The molecule has 2 N–H and O–H groups in total. The first kappa shape index (κ1) is 26.8. The number of benzene rings is 1. The minimum absolute atomic E-state index is 0.0213. The van der Waals surface area contributed by atoms with Gasteiger partial charge >= 0.3 is 6.18 Å². The fourth-order valence-electron chi connectivity index (χ4n) is 3.45. The molecular weight excluding hydrogens is 489 g/mol. The van der Waals surface area contributed by atoms with Gasteiger partial charge in [0, 0.05) is 13.0 Å². The van der Waals surface area contributed by atoms with E-state index in [0.717, 1.165) is 0 Å². The van der Waals surface area contributed by atoms with Crippen molar-refractivity contribution in [3.8, 4) is 11.6 Å². The lowest BCUT2D eigenvalue weighted by atomic mass is 10.0. The van der Waals surface area contributed by atoms with Crippen molar-refractivity contribution in [2.45, 2.75) is 51.0 Å². The average Bonchev–Trinajstić information content (AvgIpc) is 3.24. The number of hydrogen-bond donors (Lipinski definition) is 2. The Morgan fingerprint density at radius 3 is 2.60 bits per heavy atom. The molecule has 0 bridgehead atoms. The van der Waals surface area contributed by atoms with E-state index in [4.69, 9.17) is 21.1 Å². The molecule has 0 radical (unpaired) electrons. The van der Waals surface area contributed by atoms with Gasteiger partial charge in [-0.3, -0.25) is 4.79 Å². The summed E-state index contributed by atoms with van der Waals surface area (Å²) in [6.45, 7) is 4.58. The number of alkyl halides is 3. The quantitative estimate of drug-likeness (QED) is 0.524. The number of anilines is 1. The minimum atomic E-state index is -4.46. The van der Waals surface area contributed by atoms with Crippen LogP contribution in [0.3, 0.4) is 0 Å². The molecule has 0 saturated carbocycles. The van der Waals surface area contributed by atoms with Crippen LogP contribution in [0.5, 0.6) is 11.6 Å². The van der Waals surface area contributed by atoms with Crippen molar-refractivity contribution in [3.05, 3.63) is 41.2 Å². The zero-order valence-corrected chi connectivity index (χ0v) is 20.4. The third-order valence-electron chi connectivity index (χ3n) is 5.28. The van der Waals surface area contributed by atoms with Gasteiger partial charge in [0.25, 0.3) is 0 Å². The Labute approximate surface area is 206 Å². The second kappa shape index (κ2) is 10.9. The molecule has 1 aromatic carbocycles. The van der Waals surface area contributed by atoms with Gasteiger partial charge in [-0.05, 0) is 38.5 Å². The van der Waals surface area contributed by atoms with Crippen molar-refractivity contribution in [1.82, 2.24) is 15.3 Å². The van der Waals surface area contributed by atoms with Gasteiger partial charge in [0.2, 0.25) is 11.8 Å². The van der Waals surface area contributed by atoms with Gasteiger partial charge in [-0.1, -0.05) is 23.7 Å². The van der Waals surface area contributed by atoms with Gasteiger partial charge in [0.1, 0.15) is 36.4 Å². The Kier molecular flexibility index (Phi) is 8.32. The highest BCUT2D eigenvalue weighted by atomic mass is 35.5. The molecule has 1 saturated heterocycles. The molecule has 35 heavy (non-hydrogen) atoms. The predicted octanol–water partition coefficient (Wildman–Crippen LogP) is 3.72. The van der Waals surface area contributed by atoms with E-state index in [1.165, 1.54) is 6.33 Å².